The second-order valence-corrected chi connectivity index (χ2v) is 5.08. The SMILES string of the molecule is CN=C1Nc2ccc(Cl)cc2C(c2ccccc2)=NC1O. The zero-order valence-electron chi connectivity index (χ0n) is 11.4. The molecule has 0 saturated carbocycles. The van der Waals surface area contributed by atoms with E-state index < -0.39 is 6.23 Å². The van der Waals surface area contributed by atoms with Gasteiger partial charge in [0, 0.05) is 28.9 Å². The van der Waals surface area contributed by atoms with Gasteiger partial charge in [-0.25, -0.2) is 4.99 Å². The van der Waals surface area contributed by atoms with E-state index in [-0.39, 0.29) is 0 Å². The van der Waals surface area contributed by atoms with Crippen LogP contribution in [0.1, 0.15) is 11.1 Å². The highest BCUT2D eigenvalue weighted by Crippen LogP contribution is 2.27. The topological polar surface area (TPSA) is 57.0 Å². The molecule has 1 aliphatic rings. The molecule has 1 atom stereocenters. The van der Waals surface area contributed by atoms with Crippen LogP contribution >= 0.6 is 11.6 Å². The van der Waals surface area contributed by atoms with Gasteiger partial charge in [-0.3, -0.25) is 4.99 Å². The Morgan fingerprint density at radius 1 is 1.19 bits per heavy atom. The van der Waals surface area contributed by atoms with Gasteiger partial charge in [0.05, 0.1) is 5.71 Å². The molecule has 0 amide bonds. The third-order valence-electron chi connectivity index (χ3n) is 3.28. The molecule has 0 radical (unpaired) electrons. The van der Waals surface area contributed by atoms with Gasteiger partial charge in [0.2, 0.25) is 6.23 Å². The Morgan fingerprint density at radius 3 is 2.67 bits per heavy atom. The first-order valence-electron chi connectivity index (χ1n) is 6.54. The first-order valence-corrected chi connectivity index (χ1v) is 6.92. The Bertz CT molecular complexity index is 726. The first-order chi connectivity index (χ1) is 10.2. The predicted molar refractivity (Wildman–Crippen MR) is 86.5 cm³/mol. The number of aliphatic hydroxyl groups excluding tert-OH is 1. The summed E-state index contributed by atoms with van der Waals surface area (Å²) in [6, 6.07) is 15.2. The van der Waals surface area contributed by atoms with E-state index in [2.05, 4.69) is 15.3 Å². The minimum atomic E-state index is -1.03. The van der Waals surface area contributed by atoms with E-state index in [1.807, 2.05) is 42.5 Å². The fourth-order valence-corrected chi connectivity index (χ4v) is 2.45. The normalized spacial score (nSPS) is 19.5. The second kappa shape index (κ2) is 5.68. The third kappa shape index (κ3) is 2.68. The lowest BCUT2D eigenvalue weighted by Crippen LogP contribution is -2.25. The summed E-state index contributed by atoms with van der Waals surface area (Å²) >= 11 is 6.11. The molecule has 2 aromatic carbocycles. The van der Waals surface area contributed by atoms with E-state index in [1.54, 1.807) is 13.1 Å². The van der Waals surface area contributed by atoms with Gasteiger partial charge in [-0.1, -0.05) is 41.9 Å². The van der Waals surface area contributed by atoms with E-state index >= 15 is 0 Å². The Labute approximate surface area is 127 Å². The van der Waals surface area contributed by atoms with Crippen LogP contribution in [0.3, 0.4) is 0 Å². The van der Waals surface area contributed by atoms with Crippen LogP contribution in [0, 0.1) is 0 Å². The lowest BCUT2D eigenvalue weighted by molar-refractivity contribution is 0.252. The second-order valence-electron chi connectivity index (χ2n) is 4.64. The van der Waals surface area contributed by atoms with E-state index in [4.69, 9.17) is 11.6 Å². The average molecular weight is 300 g/mol. The van der Waals surface area contributed by atoms with Crippen molar-refractivity contribution in [3.05, 3.63) is 64.7 Å². The van der Waals surface area contributed by atoms with Crippen molar-refractivity contribution < 1.29 is 5.11 Å². The van der Waals surface area contributed by atoms with Crippen LogP contribution in [0.4, 0.5) is 5.69 Å². The van der Waals surface area contributed by atoms with Crippen LogP contribution in [0.5, 0.6) is 0 Å². The molecule has 3 rings (SSSR count). The summed E-state index contributed by atoms with van der Waals surface area (Å²) in [5, 5.41) is 13.9. The van der Waals surface area contributed by atoms with Crippen molar-refractivity contribution in [2.75, 3.05) is 12.4 Å². The average Bonchev–Trinajstić information content (AvgIpc) is 2.65. The highest BCUT2D eigenvalue weighted by molar-refractivity contribution is 6.32. The fourth-order valence-electron chi connectivity index (χ4n) is 2.27. The van der Waals surface area contributed by atoms with Crippen LogP contribution in [-0.2, 0) is 0 Å². The third-order valence-corrected chi connectivity index (χ3v) is 3.52. The van der Waals surface area contributed by atoms with Crippen molar-refractivity contribution in [2.24, 2.45) is 9.98 Å². The van der Waals surface area contributed by atoms with Crippen molar-refractivity contribution in [1.82, 2.24) is 0 Å². The summed E-state index contributed by atoms with van der Waals surface area (Å²) in [5.74, 6) is 0.407. The standard InChI is InChI=1S/C16H14ClN3O/c1-18-15-16(21)20-14(10-5-3-2-4-6-10)12-9-11(17)7-8-13(12)19-15/h2-9,16,21H,1H3,(H,18,19). The van der Waals surface area contributed by atoms with Crippen molar-refractivity contribution in [2.45, 2.75) is 6.23 Å². The lowest BCUT2D eigenvalue weighted by Gasteiger charge is -2.11. The van der Waals surface area contributed by atoms with Crippen LogP contribution in [0.25, 0.3) is 0 Å². The highest BCUT2D eigenvalue weighted by atomic mass is 35.5. The number of aliphatic hydroxyl groups is 1. The largest absolute Gasteiger partial charge is 0.366 e. The van der Waals surface area contributed by atoms with Crippen LogP contribution < -0.4 is 5.32 Å². The maximum atomic E-state index is 10.2. The minimum Gasteiger partial charge on any atom is -0.366 e. The summed E-state index contributed by atoms with van der Waals surface area (Å²) < 4.78 is 0. The van der Waals surface area contributed by atoms with Crippen molar-refractivity contribution >= 4 is 28.8 Å². The van der Waals surface area contributed by atoms with Gasteiger partial charge in [0.25, 0.3) is 0 Å². The number of amidine groups is 1. The number of halogens is 1. The molecule has 0 fully saturated rings. The Morgan fingerprint density at radius 2 is 1.95 bits per heavy atom. The molecule has 2 aromatic rings. The summed E-state index contributed by atoms with van der Waals surface area (Å²) in [4.78, 5) is 8.45. The molecule has 0 saturated heterocycles. The van der Waals surface area contributed by atoms with E-state index in [0.717, 1.165) is 16.8 Å². The number of nitrogens with zero attached hydrogens (tertiary/aromatic N) is 2. The smallest absolute Gasteiger partial charge is 0.204 e. The maximum Gasteiger partial charge on any atom is 0.204 e. The zero-order valence-corrected chi connectivity index (χ0v) is 12.2. The number of anilines is 1. The highest BCUT2D eigenvalue weighted by Gasteiger charge is 2.22. The predicted octanol–water partition coefficient (Wildman–Crippen LogP) is 2.95. The van der Waals surface area contributed by atoms with Gasteiger partial charge in [-0.2, -0.15) is 0 Å². The monoisotopic (exact) mass is 299 g/mol. The van der Waals surface area contributed by atoms with E-state index in [1.165, 1.54) is 0 Å². The maximum absolute atomic E-state index is 10.2. The summed E-state index contributed by atoms with van der Waals surface area (Å²) in [7, 11) is 1.62. The molecule has 106 valence electrons. The molecule has 0 aromatic heterocycles. The molecular weight excluding hydrogens is 286 g/mol. The summed E-state index contributed by atoms with van der Waals surface area (Å²) in [6.45, 7) is 0. The number of benzene rings is 2. The molecule has 1 aliphatic heterocycles. The van der Waals surface area contributed by atoms with Gasteiger partial charge in [0.1, 0.15) is 0 Å². The van der Waals surface area contributed by atoms with Crippen LogP contribution in [0.2, 0.25) is 5.02 Å². The number of hydrogen-bond donors (Lipinski definition) is 2. The molecule has 0 spiro atoms. The number of benzodiazepines with no additional fused rings is 1. The minimum absolute atomic E-state index is 0.407. The van der Waals surface area contributed by atoms with Gasteiger partial charge in [-0.05, 0) is 18.2 Å². The van der Waals surface area contributed by atoms with Crippen molar-refractivity contribution in [1.29, 1.82) is 0 Å². The molecule has 0 bridgehead atoms. The number of rotatable bonds is 1. The molecular formula is C16H14ClN3O. The van der Waals surface area contributed by atoms with Crippen LogP contribution in [0.15, 0.2) is 58.5 Å². The Kier molecular flexibility index (Phi) is 3.73. The first kappa shape index (κ1) is 13.8. The van der Waals surface area contributed by atoms with Gasteiger partial charge < -0.3 is 10.4 Å². The Hall–Kier alpha value is -2.17. The van der Waals surface area contributed by atoms with Gasteiger partial charge in [-0.15, -0.1) is 0 Å². The quantitative estimate of drug-likeness (QED) is 0.850. The molecule has 21 heavy (non-hydrogen) atoms. The fraction of sp³-hybridized carbons (Fsp3) is 0.125. The number of nitrogens with one attached hydrogen (secondary N) is 1. The van der Waals surface area contributed by atoms with Crippen molar-refractivity contribution in [3.63, 3.8) is 0 Å². The van der Waals surface area contributed by atoms with Crippen LogP contribution in [-0.4, -0.2) is 29.9 Å². The molecule has 0 aliphatic carbocycles. The van der Waals surface area contributed by atoms with Gasteiger partial charge in [0.15, 0.2) is 5.84 Å². The van der Waals surface area contributed by atoms with Crippen molar-refractivity contribution in [3.8, 4) is 0 Å². The van der Waals surface area contributed by atoms with Gasteiger partial charge >= 0.3 is 0 Å². The molecule has 5 heteroatoms. The Balaban J connectivity index is 2.24. The zero-order chi connectivity index (χ0) is 14.8. The number of aliphatic imine (C=N–C) groups is 2. The molecule has 1 heterocycles. The number of hydrogen-bond acceptors (Lipinski definition) is 3. The number of fused-ring (bicyclic) bond motifs is 1. The molecule has 2 N–H and O–H groups in total. The molecule has 1 unspecified atom stereocenters. The molecule has 4 nitrogen and oxygen atoms in total. The van der Waals surface area contributed by atoms with E-state index in [9.17, 15) is 5.11 Å². The van der Waals surface area contributed by atoms with E-state index in [0.29, 0.717) is 16.6 Å². The summed E-state index contributed by atoms with van der Waals surface area (Å²) in [5.41, 5.74) is 3.26. The summed E-state index contributed by atoms with van der Waals surface area (Å²) in [6.07, 6.45) is -1.03. The lowest BCUT2D eigenvalue weighted by atomic mass is 10.0.